The van der Waals surface area contributed by atoms with Crippen molar-refractivity contribution in [2.24, 2.45) is 16.8 Å². The van der Waals surface area contributed by atoms with Crippen molar-refractivity contribution in [3.8, 4) is 0 Å². The summed E-state index contributed by atoms with van der Waals surface area (Å²) in [6.07, 6.45) is 7.36. The summed E-state index contributed by atoms with van der Waals surface area (Å²) in [5.74, 6) is 0.848. The third-order valence-corrected chi connectivity index (χ3v) is 5.63. The SMILES string of the molecule is CCC1CCC(C)/C(=C\Nc2ccccc2)C(Cl)=C1C=Nc1ccccc1. The summed E-state index contributed by atoms with van der Waals surface area (Å²) in [6, 6.07) is 20.2. The zero-order valence-electron chi connectivity index (χ0n) is 16.0. The van der Waals surface area contributed by atoms with Crippen molar-refractivity contribution in [2.75, 3.05) is 5.32 Å². The number of nitrogens with one attached hydrogen (secondary N) is 1. The van der Waals surface area contributed by atoms with Crippen molar-refractivity contribution in [1.29, 1.82) is 0 Å². The molecule has 0 spiro atoms. The Kier molecular flexibility index (Phi) is 6.89. The minimum atomic E-state index is 0.408. The molecular weight excluding hydrogens is 352 g/mol. The first-order valence-corrected chi connectivity index (χ1v) is 10.1. The Morgan fingerprint density at radius 3 is 2.37 bits per heavy atom. The Morgan fingerprint density at radius 2 is 1.70 bits per heavy atom. The number of allylic oxidation sites excluding steroid dienone is 3. The largest absolute Gasteiger partial charge is 0.361 e. The van der Waals surface area contributed by atoms with Crippen molar-refractivity contribution < 1.29 is 0 Å². The highest BCUT2D eigenvalue weighted by molar-refractivity contribution is 6.33. The van der Waals surface area contributed by atoms with Crippen LogP contribution in [0, 0.1) is 11.8 Å². The molecule has 1 N–H and O–H groups in total. The molecule has 1 aliphatic carbocycles. The Hall–Kier alpha value is -2.32. The predicted molar refractivity (Wildman–Crippen MR) is 118 cm³/mol. The molecule has 0 aliphatic heterocycles. The van der Waals surface area contributed by atoms with Gasteiger partial charge >= 0.3 is 0 Å². The monoisotopic (exact) mass is 378 g/mol. The quantitative estimate of drug-likeness (QED) is 0.541. The van der Waals surface area contributed by atoms with Crippen LogP contribution in [0.3, 0.4) is 0 Å². The number of hydrogen-bond acceptors (Lipinski definition) is 2. The molecule has 1 aliphatic rings. The fourth-order valence-corrected chi connectivity index (χ4v) is 3.91. The third-order valence-electron chi connectivity index (χ3n) is 5.20. The average molecular weight is 379 g/mol. The highest BCUT2D eigenvalue weighted by Crippen LogP contribution is 2.38. The van der Waals surface area contributed by atoms with Crippen LogP contribution in [0.15, 0.2) is 88.0 Å². The lowest BCUT2D eigenvalue weighted by molar-refractivity contribution is 0.495. The zero-order chi connectivity index (χ0) is 19.1. The van der Waals surface area contributed by atoms with Crippen molar-refractivity contribution in [3.05, 3.63) is 83.0 Å². The van der Waals surface area contributed by atoms with E-state index in [0.29, 0.717) is 11.8 Å². The highest BCUT2D eigenvalue weighted by atomic mass is 35.5. The molecule has 2 aromatic carbocycles. The first kappa shape index (κ1) is 19.4. The minimum Gasteiger partial charge on any atom is -0.361 e. The summed E-state index contributed by atoms with van der Waals surface area (Å²) in [5.41, 5.74) is 4.33. The van der Waals surface area contributed by atoms with E-state index in [1.807, 2.05) is 54.7 Å². The average Bonchev–Trinajstić information content (AvgIpc) is 2.82. The molecule has 0 saturated heterocycles. The molecule has 2 atom stereocenters. The van der Waals surface area contributed by atoms with E-state index in [-0.39, 0.29) is 0 Å². The number of aliphatic imine (C=N–C) groups is 1. The predicted octanol–water partition coefficient (Wildman–Crippen LogP) is 7.33. The summed E-state index contributed by atoms with van der Waals surface area (Å²) in [6.45, 7) is 4.48. The minimum absolute atomic E-state index is 0.408. The van der Waals surface area contributed by atoms with Gasteiger partial charge in [-0.2, -0.15) is 0 Å². The van der Waals surface area contributed by atoms with E-state index >= 15 is 0 Å². The van der Waals surface area contributed by atoms with Gasteiger partial charge < -0.3 is 5.32 Å². The van der Waals surface area contributed by atoms with Crippen LogP contribution >= 0.6 is 11.6 Å². The summed E-state index contributed by atoms with van der Waals surface area (Å²) in [7, 11) is 0. The molecule has 0 radical (unpaired) electrons. The molecule has 0 heterocycles. The number of benzene rings is 2. The van der Waals surface area contributed by atoms with Crippen LogP contribution in [0.2, 0.25) is 0 Å². The van der Waals surface area contributed by atoms with Crippen LogP contribution in [0.4, 0.5) is 11.4 Å². The van der Waals surface area contributed by atoms with Gasteiger partial charge in [0.25, 0.3) is 0 Å². The second-order valence-electron chi connectivity index (χ2n) is 7.06. The molecule has 27 heavy (non-hydrogen) atoms. The fourth-order valence-electron chi connectivity index (χ4n) is 3.47. The molecule has 0 bridgehead atoms. The molecule has 0 fully saturated rings. The second-order valence-corrected chi connectivity index (χ2v) is 7.43. The van der Waals surface area contributed by atoms with Gasteiger partial charge in [0.2, 0.25) is 0 Å². The van der Waals surface area contributed by atoms with Gasteiger partial charge in [-0.25, -0.2) is 0 Å². The van der Waals surface area contributed by atoms with E-state index < -0.39 is 0 Å². The molecule has 2 aromatic rings. The highest BCUT2D eigenvalue weighted by Gasteiger charge is 2.25. The van der Waals surface area contributed by atoms with Crippen molar-refractivity contribution >= 4 is 29.2 Å². The molecular formula is C24H27ClN2. The van der Waals surface area contributed by atoms with Gasteiger partial charge in [-0.3, -0.25) is 4.99 Å². The van der Waals surface area contributed by atoms with Gasteiger partial charge in [-0.15, -0.1) is 0 Å². The van der Waals surface area contributed by atoms with Gasteiger partial charge in [0.1, 0.15) is 0 Å². The molecule has 2 unspecified atom stereocenters. The maximum absolute atomic E-state index is 6.93. The standard InChI is InChI=1S/C24H27ClN2/c1-3-19-15-14-18(2)22(16-26-20-10-6-4-7-11-20)24(25)23(19)17-27-21-12-8-5-9-13-21/h4-13,16-19,26H,3,14-15H2,1-2H3/b22-16+,27-17?. The summed E-state index contributed by atoms with van der Waals surface area (Å²) in [5, 5.41) is 4.25. The van der Waals surface area contributed by atoms with E-state index in [1.54, 1.807) is 0 Å². The number of rotatable bonds is 5. The fraction of sp³-hybridized carbons (Fsp3) is 0.292. The number of halogens is 1. The van der Waals surface area contributed by atoms with Crippen LogP contribution in [0.5, 0.6) is 0 Å². The normalized spacial score (nSPS) is 22.3. The lowest BCUT2D eigenvalue weighted by Crippen LogP contribution is -2.04. The van der Waals surface area contributed by atoms with Crippen LogP contribution in [0.25, 0.3) is 0 Å². The van der Waals surface area contributed by atoms with Crippen molar-refractivity contribution in [1.82, 2.24) is 0 Å². The Balaban J connectivity index is 1.94. The lowest BCUT2D eigenvalue weighted by Gasteiger charge is -2.15. The van der Waals surface area contributed by atoms with E-state index in [4.69, 9.17) is 11.6 Å². The van der Waals surface area contributed by atoms with Gasteiger partial charge in [-0.05, 0) is 66.5 Å². The third kappa shape index (κ3) is 5.11. The summed E-state index contributed by atoms with van der Waals surface area (Å²) in [4.78, 5) is 4.68. The summed E-state index contributed by atoms with van der Waals surface area (Å²) >= 11 is 6.93. The number of hydrogen-bond donors (Lipinski definition) is 1. The van der Waals surface area contributed by atoms with E-state index in [2.05, 4.69) is 42.5 Å². The van der Waals surface area contributed by atoms with Gasteiger partial charge in [0.15, 0.2) is 0 Å². The van der Waals surface area contributed by atoms with Crippen molar-refractivity contribution in [3.63, 3.8) is 0 Å². The lowest BCUT2D eigenvalue weighted by atomic mass is 9.92. The molecule has 3 heteroatoms. The number of para-hydroxylation sites is 2. The first-order chi connectivity index (χ1) is 13.2. The number of anilines is 1. The summed E-state index contributed by atoms with van der Waals surface area (Å²) < 4.78 is 0. The van der Waals surface area contributed by atoms with Gasteiger partial charge in [0.05, 0.1) is 10.7 Å². The van der Waals surface area contributed by atoms with E-state index in [1.165, 1.54) is 0 Å². The first-order valence-electron chi connectivity index (χ1n) is 9.69. The maximum atomic E-state index is 6.93. The van der Waals surface area contributed by atoms with Gasteiger partial charge in [0, 0.05) is 18.1 Å². The van der Waals surface area contributed by atoms with Crippen LogP contribution in [0.1, 0.15) is 33.1 Å². The molecule has 140 valence electrons. The van der Waals surface area contributed by atoms with Crippen molar-refractivity contribution in [2.45, 2.75) is 33.1 Å². The Labute approximate surface area is 167 Å². The van der Waals surface area contributed by atoms with Gasteiger partial charge in [-0.1, -0.05) is 61.8 Å². The second kappa shape index (κ2) is 9.57. The van der Waals surface area contributed by atoms with Crippen LogP contribution in [-0.2, 0) is 0 Å². The molecule has 0 amide bonds. The topological polar surface area (TPSA) is 24.4 Å². The van der Waals surface area contributed by atoms with E-state index in [0.717, 1.165) is 46.8 Å². The van der Waals surface area contributed by atoms with Crippen LogP contribution < -0.4 is 5.32 Å². The van der Waals surface area contributed by atoms with E-state index in [9.17, 15) is 0 Å². The maximum Gasteiger partial charge on any atom is 0.0629 e. The molecule has 0 saturated carbocycles. The molecule has 3 rings (SSSR count). The molecule has 2 nitrogen and oxygen atoms in total. The zero-order valence-corrected chi connectivity index (χ0v) is 16.8. The Bertz CT molecular complexity index is 822. The van der Waals surface area contributed by atoms with Crippen LogP contribution in [-0.4, -0.2) is 6.21 Å². The number of nitrogens with zero attached hydrogens (tertiary/aromatic N) is 1. The smallest absolute Gasteiger partial charge is 0.0629 e. The molecule has 0 aromatic heterocycles. The Morgan fingerprint density at radius 1 is 1.04 bits per heavy atom.